The molecule has 0 radical (unpaired) electrons. The van der Waals surface area contributed by atoms with E-state index in [1.807, 2.05) is 0 Å². The zero-order chi connectivity index (χ0) is 77.1. The molecule has 0 aliphatic heterocycles. The SMILES string of the molecule is CCCCCC/C=C\C=C/CCCCCCCC(=O)O[C@H](COC(=O)CCCCCCCCCCCC(C)C)COP(=O)(O)OC[C@H](O)COP(=O)(O)OC[C@@H](COC(=O)CCCCCCCCCCCCCCCCCC(C)C)OC(=O)CCCCCCCCCCCCCCCCCCCCCC. The maximum Gasteiger partial charge on any atom is 0.472 e. The van der Waals surface area contributed by atoms with E-state index in [4.69, 9.17) is 37.0 Å². The lowest BCUT2D eigenvalue weighted by Gasteiger charge is -2.21. The molecule has 19 heteroatoms. The average molecular weight is 1530 g/mol. The monoisotopic (exact) mass is 1530 g/mol. The van der Waals surface area contributed by atoms with Gasteiger partial charge in [-0.25, -0.2) is 9.13 Å². The highest BCUT2D eigenvalue weighted by Gasteiger charge is 2.30. The Hall–Kier alpha value is -2.46. The number of esters is 4. The Bertz CT molecular complexity index is 2110. The van der Waals surface area contributed by atoms with Crippen molar-refractivity contribution in [3.63, 3.8) is 0 Å². The van der Waals surface area contributed by atoms with Gasteiger partial charge in [0.15, 0.2) is 12.2 Å². The molecule has 0 amide bonds. The van der Waals surface area contributed by atoms with Crippen molar-refractivity contribution in [1.82, 2.24) is 0 Å². The summed E-state index contributed by atoms with van der Waals surface area (Å²) in [5.41, 5.74) is 0. The first-order chi connectivity index (χ1) is 50.9. The quantitative estimate of drug-likeness (QED) is 0.0169. The van der Waals surface area contributed by atoms with Crippen molar-refractivity contribution in [2.24, 2.45) is 11.8 Å². The molecule has 0 aliphatic rings. The molecule has 0 rings (SSSR count). The summed E-state index contributed by atoms with van der Waals surface area (Å²) in [6, 6.07) is 0. The Morgan fingerprint density at radius 2 is 0.514 bits per heavy atom. The summed E-state index contributed by atoms with van der Waals surface area (Å²) in [4.78, 5) is 73.2. The average Bonchev–Trinajstić information content (AvgIpc) is 0.905. The number of aliphatic hydroxyl groups excluding tert-OH is 1. The van der Waals surface area contributed by atoms with Crippen molar-refractivity contribution in [3.05, 3.63) is 24.3 Å². The molecule has 0 aromatic heterocycles. The molecule has 0 spiro atoms. The number of phosphoric ester groups is 2. The van der Waals surface area contributed by atoms with Crippen LogP contribution in [0.5, 0.6) is 0 Å². The number of rotatable bonds is 83. The summed E-state index contributed by atoms with van der Waals surface area (Å²) in [5.74, 6) is -0.587. The zero-order valence-electron chi connectivity index (χ0n) is 68.5. The summed E-state index contributed by atoms with van der Waals surface area (Å²) < 4.78 is 68.9. The molecule has 105 heavy (non-hydrogen) atoms. The molecule has 0 heterocycles. The lowest BCUT2D eigenvalue weighted by atomic mass is 10.0. The van der Waals surface area contributed by atoms with Gasteiger partial charge in [-0.05, 0) is 63.2 Å². The molecular formula is C86H164O17P2. The van der Waals surface area contributed by atoms with Crippen LogP contribution >= 0.6 is 15.6 Å². The van der Waals surface area contributed by atoms with Crippen LogP contribution in [0.4, 0.5) is 0 Å². The van der Waals surface area contributed by atoms with Crippen LogP contribution in [0.1, 0.15) is 433 Å². The van der Waals surface area contributed by atoms with Crippen LogP contribution in [0, 0.1) is 11.8 Å². The third-order valence-electron chi connectivity index (χ3n) is 19.6. The topological polar surface area (TPSA) is 237 Å². The van der Waals surface area contributed by atoms with Crippen molar-refractivity contribution in [1.29, 1.82) is 0 Å². The van der Waals surface area contributed by atoms with E-state index in [-0.39, 0.29) is 25.7 Å². The van der Waals surface area contributed by atoms with E-state index in [9.17, 15) is 43.2 Å². The van der Waals surface area contributed by atoms with E-state index in [2.05, 4.69) is 65.8 Å². The van der Waals surface area contributed by atoms with E-state index < -0.39 is 97.5 Å². The Balaban J connectivity index is 5.28. The minimum absolute atomic E-state index is 0.0849. The van der Waals surface area contributed by atoms with Gasteiger partial charge < -0.3 is 33.8 Å². The number of unbranched alkanes of at least 4 members (excludes halogenated alkanes) is 50. The number of phosphoric acid groups is 2. The van der Waals surface area contributed by atoms with Crippen molar-refractivity contribution in [2.45, 2.75) is 452 Å². The molecule has 620 valence electrons. The highest BCUT2D eigenvalue weighted by atomic mass is 31.2. The predicted octanol–water partition coefficient (Wildman–Crippen LogP) is 25.8. The van der Waals surface area contributed by atoms with Gasteiger partial charge in [0.25, 0.3) is 0 Å². The fourth-order valence-corrected chi connectivity index (χ4v) is 14.5. The van der Waals surface area contributed by atoms with Crippen molar-refractivity contribution in [3.8, 4) is 0 Å². The zero-order valence-corrected chi connectivity index (χ0v) is 70.3. The first kappa shape index (κ1) is 103. The molecule has 2 unspecified atom stereocenters. The van der Waals surface area contributed by atoms with E-state index in [1.165, 1.54) is 238 Å². The molecule has 17 nitrogen and oxygen atoms in total. The second kappa shape index (κ2) is 76.9. The number of ether oxygens (including phenoxy) is 4. The van der Waals surface area contributed by atoms with E-state index >= 15 is 0 Å². The maximum absolute atomic E-state index is 13.1. The van der Waals surface area contributed by atoms with Crippen LogP contribution < -0.4 is 0 Å². The van der Waals surface area contributed by atoms with Crippen LogP contribution in [0.3, 0.4) is 0 Å². The summed E-state index contributed by atoms with van der Waals surface area (Å²) >= 11 is 0. The summed E-state index contributed by atoms with van der Waals surface area (Å²) in [5, 5.41) is 10.7. The number of aliphatic hydroxyl groups is 1. The molecule has 0 fully saturated rings. The van der Waals surface area contributed by atoms with Gasteiger partial charge >= 0.3 is 39.5 Å². The van der Waals surface area contributed by atoms with E-state index in [0.29, 0.717) is 25.7 Å². The Morgan fingerprint density at radius 3 is 0.781 bits per heavy atom. The largest absolute Gasteiger partial charge is 0.472 e. The highest BCUT2D eigenvalue weighted by Crippen LogP contribution is 2.45. The summed E-state index contributed by atoms with van der Waals surface area (Å²) in [7, 11) is -9.94. The van der Waals surface area contributed by atoms with Crippen molar-refractivity contribution in [2.75, 3.05) is 39.6 Å². The minimum atomic E-state index is -4.97. The van der Waals surface area contributed by atoms with Crippen LogP contribution in [-0.2, 0) is 65.4 Å². The number of allylic oxidation sites excluding steroid dienone is 4. The van der Waals surface area contributed by atoms with Crippen LogP contribution in [0.2, 0.25) is 0 Å². The fraction of sp³-hybridized carbons (Fsp3) is 0.907. The van der Waals surface area contributed by atoms with Gasteiger partial charge in [-0.15, -0.1) is 0 Å². The first-order valence-corrected chi connectivity index (χ1v) is 46.8. The lowest BCUT2D eigenvalue weighted by Crippen LogP contribution is -2.30. The van der Waals surface area contributed by atoms with E-state index in [0.717, 1.165) is 115 Å². The standard InChI is InChI=1S/C86H164O17P2/c1-7-9-11-13-15-17-19-21-23-24-25-26-27-31-36-40-46-53-59-65-71-86(91)102-81(74-96-83(88)68-62-56-50-44-38-34-32-28-30-33-37-42-48-54-60-66-78(3)4)76-100-104(92,93)98-72-80(87)73-99-105(94,95)101-77-82(75-97-84(89)69-63-57-51-47-41-43-49-55-61-67-79(5)6)103-85(90)70-64-58-52-45-39-35-29-22-20-18-16-14-12-10-8-2/h18,20,22,29,78-82,87H,7-17,19,21,23-28,30-77H2,1-6H3,(H,92,93)(H,94,95)/b20-18-,29-22-/t80-,81-,82-/m1/s1. The predicted molar refractivity (Wildman–Crippen MR) is 432 cm³/mol. The highest BCUT2D eigenvalue weighted by molar-refractivity contribution is 7.47. The van der Waals surface area contributed by atoms with Crippen molar-refractivity contribution < 1.29 is 80.2 Å². The normalized spacial score (nSPS) is 14.0. The van der Waals surface area contributed by atoms with Crippen LogP contribution in [0.15, 0.2) is 24.3 Å². The van der Waals surface area contributed by atoms with Gasteiger partial charge in [-0.1, -0.05) is 380 Å². The second-order valence-corrected chi connectivity index (χ2v) is 34.1. The smallest absolute Gasteiger partial charge is 0.462 e. The Labute approximate surface area is 643 Å². The van der Waals surface area contributed by atoms with Gasteiger partial charge in [-0.2, -0.15) is 0 Å². The fourth-order valence-electron chi connectivity index (χ4n) is 12.9. The molecule has 0 saturated carbocycles. The van der Waals surface area contributed by atoms with Gasteiger partial charge in [0.1, 0.15) is 19.3 Å². The van der Waals surface area contributed by atoms with Crippen LogP contribution in [0.25, 0.3) is 0 Å². The van der Waals surface area contributed by atoms with Crippen molar-refractivity contribution >= 4 is 39.5 Å². The number of carbonyl (C=O) groups is 4. The molecule has 3 N–H and O–H groups in total. The molecule has 0 aliphatic carbocycles. The van der Waals surface area contributed by atoms with Crippen LogP contribution in [-0.4, -0.2) is 96.7 Å². The Morgan fingerprint density at radius 1 is 0.295 bits per heavy atom. The third-order valence-corrected chi connectivity index (χ3v) is 21.5. The summed E-state index contributed by atoms with van der Waals surface area (Å²) in [6.07, 6.45) is 71.6. The molecule has 0 saturated heterocycles. The molecule has 0 bridgehead atoms. The maximum atomic E-state index is 13.1. The third kappa shape index (κ3) is 79.4. The second-order valence-electron chi connectivity index (χ2n) is 31.2. The van der Waals surface area contributed by atoms with Gasteiger partial charge in [0, 0.05) is 25.7 Å². The number of hydrogen-bond donors (Lipinski definition) is 3. The molecule has 0 aromatic carbocycles. The van der Waals surface area contributed by atoms with Gasteiger partial charge in [0.05, 0.1) is 26.4 Å². The lowest BCUT2D eigenvalue weighted by molar-refractivity contribution is -0.161. The van der Waals surface area contributed by atoms with Gasteiger partial charge in [0.2, 0.25) is 0 Å². The molecule has 5 atom stereocenters. The molecular weight excluding hydrogens is 1370 g/mol. The number of carbonyl (C=O) groups excluding carboxylic acids is 4. The van der Waals surface area contributed by atoms with E-state index in [1.54, 1.807) is 0 Å². The Kier molecular flexibility index (Phi) is 75.1. The summed E-state index contributed by atoms with van der Waals surface area (Å²) in [6.45, 7) is 9.61. The first-order valence-electron chi connectivity index (χ1n) is 43.8. The minimum Gasteiger partial charge on any atom is -0.462 e. The molecule has 0 aromatic rings. The number of hydrogen-bond acceptors (Lipinski definition) is 15. The van der Waals surface area contributed by atoms with Gasteiger partial charge in [-0.3, -0.25) is 37.3 Å².